The number of para-hydroxylation sites is 1. The fourth-order valence-electron chi connectivity index (χ4n) is 14.0. The van der Waals surface area contributed by atoms with E-state index in [1.165, 1.54) is 312 Å². The Morgan fingerprint density at radius 3 is 1.21 bits per heavy atom. The fraction of sp³-hybridized carbons (Fsp3) is 0.632. The van der Waals surface area contributed by atoms with Gasteiger partial charge in [0, 0.05) is 38.5 Å². The Bertz CT molecular complexity index is 3100. The molecule has 0 aliphatic carbocycles. The van der Waals surface area contributed by atoms with Crippen LogP contribution in [0, 0.1) is 23.5 Å². The highest BCUT2D eigenvalue weighted by Crippen LogP contribution is 2.46. The van der Waals surface area contributed by atoms with Crippen molar-refractivity contribution in [3.8, 4) is 31.3 Å². The summed E-state index contributed by atoms with van der Waals surface area (Å²) in [6, 6.07) is 24.4. The Morgan fingerprint density at radius 2 is 0.776 bits per heavy atom. The number of fused-ring (bicyclic) bond motifs is 6. The van der Waals surface area contributed by atoms with Gasteiger partial charge in [-0.15, -0.1) is 22.7 Å². The molecule has 5 heterocycles. The molecule has 5 aromatic heterocycles. The minimum atomic E-state index is -0.853. The molecule has 0 bridgehead atoms. The van der Waals surface area contributed by atoms with Gasteiger partial charge in [-0.2, -0.15) is 8.75 Å². The van der Waals surface area contributed by atoms with Gasteiger partial charge in [-0.25, -0.2) is 8.78 Å². The smallest absolute Gasteiger partial charge is 0.170 e. The van der Waals surface area contributed by atoms with Crippen molar-refractivity contribution in [1.29, 1.82) is 0 Å². The molecule has 2 unspecified atom stereocenters. The van der Waals surface area contributed by atoms with Crippen LogP contribution in [0.15, 0.2) is 72.1 Å². The van der Waals surface area contributed by atoms with E-state index in [0.717, 1.165) is 35.3 Å². The lowest BCUT2D eigenvalue weighted by atomic mass is 9.93. The van der Waals surface area contributed by atoms with Gasteiger partial charge in [-0.05, 0) is 78.8 Å². The maximum Gasteiger partial charge on any atom is 0.170 e. The number of thiophene rings is 2. The molecule has 2 atom stereocenters. The number of aromatic nitrogens is 4. The quantitative estimate of drug-likeness (QED) is 0.0356. The molecular formula is C76H110F2N4S3. The summed E-state index contributed by atoms with van der Waals surface area (Å²) < 4.78 is 47.6. The van der Waals surface area contributed by atoms with Gasteiger partial charge >= 0.3 is 0 Å². The summed E-state index contributed by atoms with van der Waals surface area (Å²) in [5, 5.41) is 4.61. The molecule has 0 saturated heterocycles. The van der Waals surface area contributed by atoms with E-state index in [0.29, 0.717) is 32.6 Å². The summed E-state index contributed by atoms with van der Waals surface area (Å²) in [5.41, 5.74) is 7.90. The van der Waals surface area contributed by atoms with Gasteiger partial charge in [0.15, 0.2) is 11.6 Å². The van der Waals surface area contributed by atoms with Crippen LogP contribution < -0.4 is 0 Å². The molecule has 0 fully saturated rings. The van der Waals surface area contributed by atoms with E-state index >= 15 is 8.78 Å². The van der Waals surface area contributed by atoms with Crippen molar-refractivity contribution >= 4 is 78.3 Å². The summed E-state index contributed by atoms with van der Waals surface area (Å²) in [4.78, 5) is 2.38. The highest BCUT2D eigenvalue weighted by atomic mass is 32.1. The molecule has 0 aliphatic rings. The molecule has 0 amide bonds. The van der Waals surface area contributed by atoms with Crippen molar-refractivity contribution in [2.24, 2.45) is 11.8 Å². The van der Waals surface area contributed by atoms with Gasteiger partial charge in [-0.1, -0.05) is 295 Å². The van der Waals surface area contributed by atoms with E-state index in [-0.39, 0.29) is 11.1 Å². The lowest BCUT2D eigenvalue weighted by molar-refractivity contribution is 0.363. The molecule has 9 heteroatoms. The predicted molar refractivity (Wildman–Crippen MR) is 372 cm³/mol. The van der Waals surface area contributed by atoms with Crippen molar-refractivity contribution in [2.45, 2.75) is 298 Å². The monoisotopic (exact) mass is 1210 g/mol. The summed E-state index contributed by atoms with van der Waals surface area (Å²) in [7, 11) is 0. The Hall–Kier alpha value is -3.92. The zero-order valence-electron chi connectivity index (χ0n) is 53.6. The van der Waals surface area contributed by atoms with E-state index < -0.39 is 11.6 Å². The maximum absolute atomic E-state index is 16.6. The zero-order valence-corrected chi connectivity index (χ0v) is 56.0. The van der Waals surface area contributed by atoms with Crippen molar-refractivity contribution in [2.75, 3.05) is 0 Å². The number of nitrogens with zero attached hydrogens (tertiary/aromatic N) is 4. The molecule has 0 radical (unpaired) electrons. The van der Waals surface area contributed by atoms with Crippen LogP contribution in [0.4, 0.5) is 8.78 Å². The van der Waals surface area contributed by atoms with Gasteiger partial charge < -0.3 is 9.13 Å². The van der Waals surface area contributed by atoms with Crippen LogP contribution in [0.25, 0.3) is 75.2 Å². The van der Waals surface area contributed by atoms with Gasteiger partial charge in [-0.3, -0.25) is 0 Å². The number of rotatable bonds is 47. The lowest BCUT2D eigenvalue weighted by Gasteiger charge is -2.20. The Labute approximate surface area is 526 Å². The average Bonchev–Trinajstić information content (AvgIpc) is 1.70. The Kier molecular flexibility index (Phi) is 29.8. The lowest BCUT2D eigenvalue weighted by Crippen LogP contribution is -2.11. The van der Waals surface area contributed by atoms with Crippen LogP contribution in [0.3, 0.4) is 0 Å². The molecule has 4 nitrogen and oxygen atoms in total. The summed E-state index contributed by atoms with van der Waals surface area (Å²) in [6.45, 7) is 11.3. The molecule has 8 aromatic rings. The molecule has 0 aliphatic heterocycles. The van der Waals surface area contributed by atoms with Gasteiger partial charge in [0.2, 0.25) is 0 Å². The first-order valence-corrected chi connectivity index (χ1v) is 37.7. The predicted octanol–water partition coefficient (Wildman–Crippen LogP) is 27.1. The molecule has 0 N–H and O–H groups in total. The van der Waals surface area contributed by atoms with Crippen molar-refractivity contribution < 1.29 is 8.78 Å². The van der Waals surface area contributed by atoms with E-state index in [2.05, 4.69) is 94.1 Å². The van der Waals surface area contributed by atoms with Crippen LogP contribution >= 0.6 is 34.4 Å². The number of hydrogen-bond acceptors (Lipinski definition) is 5. The largest absolute Gasteiger partial charge is 0.338 e. The first-order chi connectivity index (χ1) is 42.0. The van der Waals surface area contributed by atoms with Gasteiger partial charge in [0.25, 0.3) is 0 Å². The first kappa shape index (κ1) is 67.0. The maximum atomic E-state index is 16.6. The van der Waals surface area contributed by atoms with Crippen molar-refractivity contribution in [3.63, 3.8) is 0 Å². The molecule has 85 heavy (non-hydrogen) atoms. The highest BCUT2D eigenvalue weighted by Gasteiger charge is 2.28. The van der Waals surface area contributed by atoms with E-state index in [9.17, 15) is 0 Å². The average molecular weight is 1210 g/mol. The standard InChI is InChI=1S/C76H110F2N4S3/c1-5-9-13-17-21-25-27-31-35-38-45-59(44-37-33-29-23-19-15-11-7-3)57-81-64-49-42-41-48-62(64)75-76(81)63-52-51-61(66-53-54-68(84-66)70-72(78)71(77)69(67-50-43-55-83-67)73-74(70)80-85-79-73)56-65(63)82(75)58-60(46-39-34-30-24-20-16-12-8-4)47-40-36-32-28-26-22-18-14-10-6-2/h41-43,48-56,59-60H,5-40,44-47,57-58H2,1-4H3. The Balaban J connectivity index is 1.13. The topological polar surface area (TPSA) is 35.6 Å². The molecular weight excluding hydrogens is 1100 g/mol. The molecule has 466 valence electrons. The third-order valence-electron chi connectivity index (χ3n) is 19.0. The third-order valence-corrected chi connectivity index (χ3v) is 21.6. The summed E-state index contributed by atoms with van der Waals surface area (Å²) >= 11 is 3.94. The second kappa shape index (κ2) is 37.8. The number of benzene rings is 3. The first-order valence-electron chi connectivity index (χ1n) is 35.3. The SMILES string of the molecule is CCCCCCCCCCCCC(CCCCCCCCCC)Cn1c2ccccc2c2c1c1ccc(-c3ccc(-c4c(F)c(F)c(-c5cccs5)c5nsnc45)s3)cc1n2CC(CCCCCCCCCC)CCCCCCCCCCCC. The minimum absolute atomic E-state index is 0.207. The van der Waals surface area contributed by atoms with Crippen molar-refractivity contribution in [1.82, 2.24) is 17.9 Å². The normalized spacial score (nSPS) is 12.8. The van der Waals surface area contributed by atoms with Crippen LogP contribution in [0.2, 0.25) is 0 Å². The third kappa shape index (κ3) is 19.5. The van der Waals surface area contributed by atoms with E-state index in [4.69, 9.17) is 0 Å². The van der Waals surface area contributed by atoms with E-state index in [1.54, 1.807) is 0 Å². The molecule has 3 aromatic carbocycles. The second-order valence-electron chi connectivity index (χ2n) is 25.8. The molecule has 0 saturated carbocycles. The van der Waals surface area contributed by atoms with Crippen molar-refractivity contribution in [3.05, 3.63) is 83.7 Å². The fourth-order valence-corrected chi connectivity index (χ4v) is 16.4. The Morgan fingerprint density at radius 1 is 0.388 bits per heavy atom. The van der Waals surface area contributed by atoms with Crippen LogP contribution in [0.5, 0.6) is 0 Å². The van der Waals surface area contributed by atoms with Crippen LogP contribution in [0.1, 0.15) is 285 Å². The van der Waals surface area contributed by atoms with E-state index in [1.807, 2.05) is 23.6 Å². The van der Waals surface area contributed by atoms with Gasteiger partial charge in [0.1, 0.15) is 11.0 Å². The summed E-state index contributed by atoms with van der Waals surface area (Å²) in [5.74, 6) is -0.489. The number of hydrogen-bond donors (Lipinski definition) is 0. The molecule has 0 spiro atoms. The second-order valence-corrected chi connectivity index (χ2v) is 28.4. The summed E-state index contributed by atoms with van der Waals surface area (Å²) in [6.07, 6.45) is 54.2. The number of halogens is 2. The highest BCUT2D eigenvalue weighted by molar-refractivity contribution is 7.19. The minimum Gasteiger partial charge on any atom is -0.338 e. The van der Waals surface area contributed by atoms with Crippen LogP contribution in [-0.2, 0) is 13.1 Å². The van der Waals surface area contributed by atoms with Gasteiger partial charge in [0.05, 0.1) is 44.9 Å². The van der Waals surface area contributed by atoms with Crippen LogP contribution in [-0.4, -0.2) is 17.9 Å². The number of unbranched alkanes of at least 4 members (excludes halogenated alkanes) is 32. The zero-order chi connectivity index (χ0) is 59.3. The molecule has 8 rings (SSSR count).